The maximum absolute atomic E-state index is 5.85. The zero-order valence-electron chi connectivity index (χ0n) is 13.8. The fraction of sp³-hybridized carbons (Fsp3) is 0.375. The normalized spacial score (nSPS) is 15.4. The molecule has 0 saturated carbocycles. The van der Waals surface area contributed by atoms with Crippen LogP contribution >= 0.6 is 11.6 Å². The fourth-order valence-electron chi connectivity index (χ4n) is 2.61. The minimum Gasteiger partial charge on any atom is -0.494 e. The number of nitrogens with two attached hydrogens (primary N) is 1. The molecule has 24 heavy (non-hydrogen) atoms. The van der Waals surface area contributed by atoms with Gasteiger partial charge in [-0.1, -0.05) is 11.6 Å². The van der Waals surface area contributed by atoms with Crippen molar-refractivity contribution >= 4 is 34.7 Å². The van der Waals surface area contributed by atoms with Crippen molar-refractivity contribution in [2.45, 2.75) is 0 Å². The smallest absolute Gasteiger partial charge is 0.229 e. The lowest BCUT2D eigenvalue weighted by Gasteiger charge is -2.34. The van der Waals surface area contributed by atoms with Crippen LogP contribution in [0.4, 0.5) is 23.1 Å². The lowest BCUT2D eigenvalue weighted by molar-refractivity contribution is 0.312. The quantitative estimate of drug-likeness (QED) is 0.876. The van der Waals surface area contributed by atoms with Crippen LogP contribution in [0.3, 0.4) is 0 Å². The highest BCUT2D eigenvalue weighted by Crippen LogP contribution is 2.32. The molecule has 0 spiro atoms. The van der Waals surface area contributed by atoms with E-state index in [4.69, 9.17) is 22.1 Å². The minimum atomic E-state index is 0.238. The Balaban J connectivity index is 1.80. The van der Waals surface area contributed by atoms with E-state index in [9.17, 15) is 0 Å². The average molecular weight is 349 g/mol. The molecule has 7 nitrogen and oxygen atoms in total. The van der Waals surface area contributed by atoms with E-state index < -0.39 is 0 Å². The van der Waals surface area contributed by atoms with Crippen LogP contribution in [-0.4, -0.2) is 55.2 Å². The Morgan fingerprint density at radius 2 is 2.00 bits per heavy atom. The summed E-state index contributed by atoms with van der Waals surface area (Å²) in [5.41, 5.74) is 7.63. The third-order valence-corrected chi connectivity index (χ3v) is 4.36. The average Bonchev–Trinajstić information content (AvgIpc) is 2.59. The van der Waals surface area contributed by atoms with E-state index in [2.05, 4.69) is 38.2 Å². The van der Waals surface area contributed by atoms with Gasteiger partial charge in [0.15, 0.2) is 0 Å². The number of rotatable bonds is 4. The van der Waals surface area contributed by atoms with E-state index in [0.29, 0.717) is 11.0 Å². The molecule has 1 aliphatic heterocycles. The molecule has 3 rings (SSSR count). The molecule has 3 N–H and O–H groups in total. The monoisotopic (exact) mass is 348 g/mol. The first kappa shape index (κ1) is 16.6. The number of nitrogens with zero attached hydrogens (tertiary/aromatic N) is 4. The molecule has 1 aromatic heterocycles. The largest absolute Gasteiger partial charge is 0.494 e. The van der Waals surface area contributed by atoms with Crippen molar-refractivity contribution < 1.29 is 4.74 Å². The molecular weight excluding hydrogens is 328 g/mol. The van der Waals surface area contributed by atoms with Crippen molar-refractivity contribution in [3.8, 4) is 5.75 Å². The Morgan fingerprint density at radius 3 is 2.67 bits per heavy atom. The van der Waals surface area contributed by atoms with Gasteiger partial charge in [-0.2, -0.15) is 4.98 Å². The summed E-state index contributed by atoms with van der Waals surface area (Å²) < 4.78 is 5.51. The Bertz CT molecular complexity index is 718. The molecule has 2 aromatic rings. The zero-order chi connectivity index (χ0) is 17.1. The molecule has 0 atom stereocenters. The molecule has 1 aromatic carbocycles. The highest BCUT2D eigenvalue weighted by molar-refractivity contribution is 6.32. The van der Waals surface area contributed by atoms with Crippen molar-refractivity contribution in [1.29, 1.82) is 0 Å². The molecule has 1 fully saturated rings. The van der Waals surface area contributed by atoms with Crippen molar-refractivity contribution in [1.82, 2.24) is 14.9 Å². The Morgan fingerprint density at radius 1 is 1.25 bits per heavy atom. The predicted octanol–water partition coefficient (Wildman–Crippen LogP) is 2.22. The maximum atomic E-state index is 5.85. The number of likely N-dealkylation sites (N-methyl/N-ethyl adjacent to an activating group) is 1. The van der Waals surface area contributed by atoms with Crippen LogP contribution in [0, 0.1) is 0 Å². The van der Waals surface area contributed by atoms with Gasteiger partial charge in [-0.15, -0.1) is 0 Å². The van der Waals surface area contributed by atoms with Gasteiger partial charge in [0.25, 0.3) is 0 Å². The van der Waals surface area contributed by atoms with Crippen LogP contribution in [-0.2, 0) is 0 Å². The number of nitrogen functional groups attached to an aromatic ring is 1. The molecule has 8 heteroatoms. The van der Waals surface area contributed by atoms with Crippen molar-refractivity contribution in [3.05, 3.63) is 29.4 Å². The molecule has 0 amide bonds. The first-order chi connectivity index (χ1) is 11.6. The summed E-state index contributed by atoms with van der Waals surface area (Å²) in [6.07, 6.45) is 1.47. The fourth-order valence-corrected chi connectivity index (χ4v) is 2.70. The molecule has 2 heterocycles. The standard InChI is InChI=1S/C16H21ClN6O/c1-22-5-7-23(8-6-22)11-3-4-13(14(9-11)24-2)20-16-19-10-12(17)15(18)21-16/h3-4,9-10H,5-8H2,1-2H3,(H3,18,19,20,21). The van der Waals surface area contributed by atoms with E-state index in [1.807, 2.05) is 12.1 Å². The second-order valence-electron chi connectivity index (χ2n) is 5.73. The number of hydrogen-bond acceptors (Lipinski definition) is 7. The number of methoxy groups -OCH3 is 1. The third-order valence-electron chi connectivity index (χ3n) is 4.07. The van der Waals surface area contributed by atoms with Gasteiger partial charge in [0.1, 0.15) is 16.6 Å². The van der Waals surface area contributed by atoms with Crippen LogP contribution in [0.15, 0.2) is 24.4 Å². The van der Waals surface area contributed by atoms with Gasteiger partial charge in [-0.25, -0.2) is 4.98 Å². The number of hydrogen-bond donors (Lipinski definition) is 2. The summed E-state index contributed by atoms with van der Waals surface area (Å²) in [5, 5.41) is 3.45. The molecule has 0 radical (unpaired) electrons. The van der Waals surface area contributed by atoms with Gasteiger partial charge in [0.05, 0.1) is 19.0 Å². The summed E-state index contributed by atoms with van der Waals surface area (Å²) in [6, 6.07) is 6.04. The molecule has 1 saturated heterocycles. The van der Waals surface area contributed by atoms with Gasteiger partial charge in [-0.3, -0.25) is 0 Å². The van der Waals surface area contributed by atoms with E-state index in [0.717, 1.165) is 43.3 Å². The van der Waals surface area contributed by atoms with Crippen LogP contribution in [0.25, 0.3) is 0 Å². The van der Waals surface area contributed by atoms with Crippen LogP contribution < -0.4 is 20.7 Å². The number of aromatic nitrogens is 2. The van der Waals surface area contributed by atoms with Gasteiger partial charge in [-0.05, 0) is 19.2 Å². The lowest BCUT2D eigenvalue weighted by atomic mass is 10.2. The Hall–Kier alpha value is -2.25. The topological polar surface area (TPSA) is 79.5 Å². The number of anilines is 4. The highest BCUT2D eigenvalue weighted by atomic mass is 35.5. The number of halogens is 1. The second-order valence-corrected chi connectivity index (χ2v) is 6.13. The molecule has 0 aliphatic carbocycles. The summed E-state index contributed by atoms with van der Waals surface area (Å²) in [4.78, 5) is 12.9. The SMILES string of the molecule is COc1cc(N2CCN(C)CC2)ccc1Nc1ncc(Cl)c(N)n1. The first-order valence-electron chi connectivity index (χ1n) is 7.73. The summed E-state index contributed by atoms with van der Waals surface area (Å²) >= 11 is 5.85. The third kappa shape index (κ3) is 3.63. The zero-order valence-corrected chi connectivity index (χ0v) is 14.5. The molecule has 128 valence electrons. The lowest BCUT2D eigenvalue weighted by Crippen LogP contribution is -2.44. The van der Waals surface area contributed by atoms with Crippen LogP contribution in [0.5, 0.6) is 5.75 Å². The summed E-state index contributed by atoms with van der Waals surface area (Å²) in [5.74, 6) is 1.34. The van der Waals surface area contributed by atoms with Gasteiger partial charge >= 0.3 is 0 Å². The highest BCUT2D eigenvalue weighted by Gasteiger charge is 2.16. The van der Waals surface area contributed by atoms with E-state index in [1.54, 1.807) is 7.11 Å². The van der Waals surface area contributed by atoms with E-state index in [-0.39, 0.29) is 5.82 Å². The summed E-state index contributed by atoms with van der Waals surface area (Å²) in [7, 11) is 3.79. The second kappa shape index (κ2) is 7.11. The number of ether oxygens (including phenoxy) is 1. The van der Waals surface area contributed by atoms with E-state index >= 15 is 0 Å². The number of nitrogens with one attached hydrogen (secondary N) is 1. The number of benzene rings is 1. The van der Waals surface area contributed by atoms with Crippen molar-refractivity contribution in [2.24, 2.45) is 0 Å². The Labute approximate surface area is 146 Å². The molecule has 0 unspecified atom stereocenters. The van der Waals surface area contributed by atoms with Gasteiger partial charge < -0.3 is 25.6 Å². The van der Waals surface area contributed by atoms with E-state index in [1.165, 1.54) is 6.20 Å². The minimum absolute atomic E-state index is 0.238. The van der Waals surface area contributed by atoms with Gasteiger partial charge in [0.2, 0.25) is 5.95 Å². The van der Waals surface area contributed by atoms with Crippen LogP contribution in [0.2, 0.25) is 5.02 Å². The van der Waals surface area contributed by atoms with Crippen LogP contribution in [0.1, 0.15) is 0 Å². The molecule has 0 bridgehead atoms. The first-order valence-corrected chi connectivity index (χ1v) is 8.11. The van der Waals surface area contributed by atoms with Crippen molar-refractivity contribution in [3.63, 3.8) is 0 Å². The molecule has 1 aliphatic rings. The molecular formula is C16H21ClN6O. The predicted molar refractivity (Wildman–Crippen MR) is 97.4 cm³/mol. The van der Waals surface area contributed by atoms with Crippen molar-refractivity contribution in [2.75, 3.05) is 56.3 Å². The summed E-state index contributed by atoms with van der Waals surface area (Å²) in [6.45, 7) is 4.12. The van der Waals surface area contributed by atoms with Gasteiger partial charge in [0, 0.05) is 37.9 Å². The Kier molecular flexibility index (Phi) is 4.92. The maximum Gasteiger partial charge on any atom is 0.229 e. The number of piperazine rings is 1.